The summed E-state index contributed by atoms with van der Waals surface area (Å²) in [6, 6.07) is 50.4. The van der Waals surface area contributed by atoms with Gasteiger partial charge in [0, 0.05) is 87.4 Å². The Morgan fingerprint density at radius 3 is 1.41 bits per heavy atom. The second-order valence-corrected chi connectivity index (χ2v) is 27.5. The second-order valence-electron chi connectivity index (χ2n) is 27.5. The molecular formula is C84H104F2N2O14. The fourth-order valence-corrected chi connectivity index (χ4v) is 12.1. The van der Waals surface area contributed by atoms with Crippen LogP contribution in [0.25, 0.3) is 10.9 Å². The predicted molar refractivity (Wildman–Crippen MR) is 394 cm³/mol. The predicted octanol–water partition coefficient (Wildman–Crippen LogP) is 15.6. The standard InChI is InChI=1S/C27H30FNO4.C24H26FNO3.C10H14O2.2C10H12O2.C2H6.CH4O/c1-26(2,3)24-12-18-11-17(20(28)15-21(18)29(24)9-4-10-30)13-25(31)27(7-8-27)19-5-6-22-23(14-19)33-16-32-22;1-23(2,3)21-9-15-8-14(17(25)12-18(15)26-21)10-22(27)24(6-7-24)16-4-5-19-20(11-16)29-13-28-19;3*11-7-4-8-12-9-10-5-2-1-3-6-10;2*1-2/h5-6,11-12,14-15,30H,4,7-10,13,16H2,1-3H3;4-5,8,11-12,21,26H,6-7,9-10,13H2,1-3H3;1-3,5-6,11H,4,7-9H2;2*1-3,5-7H,4,8-9H2;1-2H3;2H,1H3. The second kappa shape index (κ2) is 39.7. The summed E-state index contributed by atoms with van der Waals surface area (Å²) in [5.41, 5.74) is 8.99. The van der Waals surface area contributed by atoms with E-state index >= 15 is 4.39 Å². The zero-order valence-corrected chi connectivity index (χ0v) is 60.8. The van der Waals surface area contributed by atoms with Gasteiger partial charge in [-0.2, -0.15) is 0 Å². The lowest BCUT2D eigenvalue weighted by Crippen LogP contribution is -2.31. The van der Waals surface area contributed by atoms with Gasteiger partial charge in [-0.05, 0) is 143 Å². The maximum atomic E-state index is 15.2. The number of nitrogens with one attached hydrogen (secondary N) is 1. The lowest BCUT2D eigenvalue weighted by atomic mass is 9.84. The Morgan fingerprint density at radius 2 is 0.990 bits per heavy atom. The Morgan fingerprint density at radius 1 is 0.559 bits per heavy atom. The SMILES string of the molecule is CC.CC(C)(C)C1Cc2cc(CC(=O)C3(c4ccc5c(c4)OCO5)CC3)c(F)cc2N1.CC(C)(C)c1cc2cc(CC(=O)C3(c4ccc5c(c4)OCO5)CC3)c(F)cc2n1CCCO.CO.O=CCCOCc1ccccc1.O=CCCOCc1ccccc1.OCCCOCc1ccccc1. The van der Waals surface area contributed by atoms with E-state index in [1.54, 1.807) is 12.1 Å². The molecule has 7 aromatic carbocycles. The molecular weight excluding hydrogens is 1300 g/mol. The van der Waals surface area contributed by atoms with Crippen LogP contribution < -0.4 is 24.3 Å². The Balaban J connectivity index is 0.000000190. The van der Waals surface area contributed by atoms with Crippen molar-refractivity contribution in [2.75, 3.05) is 59.0 Å². The molecule has 18 heteroatoms. The number of fused-ring (bicyclic) bond motifs is 4. The Bertz CT molecular complexity index is 3860. The van der Waals surface area contributed by atoms with E-state index in [1.807, 2.05) is 153 Å². The van der Waals surface area contributed by atoms with Crippen molar-refractivity contribution in [3.05, 3.63) is 220 Å². The average Bonchev–Trinajstić information content (AvgIpc) is 1.60. The Labute approximate surface area is 600 Å². The number of aliphatic hydroxyl groups excluding tert-OH is 3. The number of nitrogens with zero attached hydrogens (tertiary/aromatic N) is 1. The summed E-state index contributed by atoms with van der Waals surface area (Å²) in [7, 11) is 1.00. The number of rotatable bonds is 26. The highest BCUT2D eigenvalue weighted by atomic mass is 19.1. The maximum absolute atomic E-state index is 15.2. The third-order valence-corrected chi connectivity index (χ3v) is 18.1. The third-order valence-electron chi connectivity index (χ3n) is 18.1. The lowest BCUT2D eigenvalue weighted by Gasteiger charge is -2.27. The molecule has 2 aliphatic carbocycles. The van der Waals surface area contributed by atoms with Crippen LogP contribution in [0.5, 0.6) is 23.0 Å². The molecule has 0 bridgehead atoms. The van der Waals surface area contributed by atoms with E-state index < -0.39 is 10.8 Å². The average molecular weight is 1400 g/mol. The molecule has 1 atom stereocenters. The van der Waals surface area contributed by atoms with Crippen LogP contribution in [-0.4, -0.2) is 104 Å². The van der Waals surface area contributed by atoms with Crippen molar-refractivity contribution >= 4 is 40.7 Å². The quantitative estimate of drug-likeness (QED) is 0.0293. The molecule has 1 aromatic heterocycles. The van der Waals surface area contributed by atoms with E-state index in [4.69, 9.17) is 43.4 Å². The van der Waals surface area contributed by atoms with Crippen molar-refractivity contribution in [2.45, 2.75) is 175 Å². The summed E-state index contributed by atoms with van der Waals surface area (Å²) in [6.45, 7) is 21.7. The van der Waals surface area contributed by atoms with Crippen LogP contribution in [0.3, 0.4) is 0 Å². The number of hydrogen-bond donors (Lipinski definition) is 4. The summed E-state index contributed by atoms with van der Waals surface area (Å²) in [5, 5.41) is 29.2. The molecule has 548 valence electrons. The number of aldehydes is 2. The van der Waals surface area contributed by atoms with E-state index in [2.05, 4.69) is 57.5 Å². The van der Waals surface area contributed by atoms with Gasteiger partial charge in [0.05, 0.1) is 49.4 Å². The molecule has 16 nitrogen and oxygen atoms in total. The fourth-order valence-electron chi connectivity index (χ4n) is 12.1. The van der Waals surface area contributed by atoms with Gasteiger partial charge in [0.1, 0.15) is 35.8 Å². The molecule has 4 N–H and O–H groups in total. The van der Waals surface area contributed by atoms with Gasteiger partial charge in [-0.15, -0.1) is 0 Å². The first-order valence-corrected chi connectivity index (χ1v) is 35.4. The number of halogens is 2. The van der Waals surface area contributed by atoms with Crippen molar-refractivity contribution < 1.29 is 76.4 Å². The number of ether oxygens (including phenoxy) is 7. The third kappa shape index (κ3) is 22.7. The van der Waals surface area contributed by atoms with Gasteiger partial charge in [-0.1, -0.05) is 165 Å². The van der Waals surface area contributed by atoms with E-state index in [0.29, 0.717) is 106 Å². The fraction of sp³-hybridized carbons (Fsp3) is 0.429. The van der Waals surface area contributed by atoms with Gasteiger partial charge in [-0.25, -0.2) is 8.78 Å². The molecule has 0 spiro atoms. The van der Waals surface area contributed by atoms with Gasteiger partial charge < -0.3 is 68.0 Å². The molecule has 102 heavy (non-hydrogen) atoms. The number of aryl methyl sites for hydroxylation is 1. The van der Waals surface area contributed by atoms with Gasteiger partial charge in [0.2, 0.25) is 13.6 Å². The highest BCUT2D eigenvalue weighted by molar-refractivity contribution is 5.96. The van der Waals surface area contributed by atoms with Crippen LogP contribution in [-0.2, 0) is 95.3 Å². The largest absolute Gasteiger partial charge is 0.454 e. The van der Waals surface area contributed by atoms with E-state index in [-0.39, 0.29) is 79.7 Å². The number of aromatic nitrogens is 1. The number of ketones is 2. The highest BCUT2D eigenvalue weighted by Gasteiger charge is 2.52. The van der Waals surface area contributed by atoms with Crippen LogP contribution in [0.15, 0.2) is 158 Å². The molecule has 4 heterocycles. The van der Waals surface area contributed by atoms with Crippen molar-refractivity contribution in [2.24, 2.45) is 5.41 Å². The zero-order chi connectivity index (χ0) is 73.7. The lowest BCUT2D eigenvalue weighted by molar-refractivity contribution is -0.121. The van der Waals surface area contributed by atoms with E-state index in [9.17, 15) is 28.7 Å². The first-order valence-electron chi connectivity index (χ1n) is 35.4. The number of carbonyl (C=O) groups excluding carboxylic acids is 4. The molecule has 5 aliphatic rings. The molecule has 2 saturated carbocycles. The van der Waals surface area contributed by atoms with Crippen LogP contribution in [0.4, 0.5) is 14.5 Å². The van der Waals surface area contributed by atoms with E-state index in [1.165, 1.54) is 5.56 Å². The molecule has 3 aliphatic heterocycles. The van der Waals surface area contributed by atoms with Crippen molar-refractivity contribution in [1.82, 2.24) is 4.57 Å². The zero-order valence-electron chi connectivity index (χ0n) is 60.8. The van der Waals surface area contributed by atoms with Gasteiger partial charge in [0.15, 0.2) is 23.0 Å². The van der Waals surface area contributed by atoms with Crippen LogP contribution >= 0.6 is 0 Å². The minimum atomic E-state index is -0.563. The van der Waals surface area contributed by atoms with Gasteiger partial charge in [0.25, 0.3) is 0 Å². The number of aliphatic hydroxyl groups is 3. The van der Waals surface area contributed by atoms with Crippen molar-refractivity contribution in [3.8, 4) is 23.0 Å². The topological polar surface area (TPSA) is 211 Å². The monoisotopic (exact) mass is 1400 g/mol. The number of hydrogen-bond acceptors (Lipinski definition) is 15. The minimum absolute atomic E-state index is 0.0374. The molecule has 13 rings (SSSR count). The minimum Gasteiger partial charge on any atom is -0.454 e. The molecule has 0 amide bonds. The smallest absolute Gasteiger partial charge is 0.231 e. The molecule has 2 fully saturated rings. The van der Waals surface area contributed by atoms with Gasteiger partial charge >= 0.3 is 0 Å². The normalized spacial score (nSPS) is 14.8. The molecule has 8 aromatic rings. The van der Waals surface area contributed by atoms with Crippen LogP contribution in [0.2, 0.25) is 0 Å². The molecule has 0 saturated heterocycles. The maximum Gasteiger partial charge on any atom is 0.231 e. The summed E-state index contributed by atoms with van der Waals surface area (Å²) in [6.07, 6.45) is 8.17. The van der Waals surface area contributed by atoms with Gasteiger partial charge in [-0.3, -0.25) is 9.59 Å². The Kier molecular flexibility index (Phi) is 31.4. The molecule has 1 unspecified atom stereocenters. The Hall–Kier alpha value is -8.62. The number of anilines is 1. The first kappa shape index (κ1) is 80.7. The highest BCUT2D eigenvalue weighted by Crippen LogP contribution is 2.53. The number of carbonyl (C=O) groups is 4. The van der Waals surface area contributed by atoms with Crippen molar-refractivity contribution in [1.29, 1.82) is 0 Å². The number of Topliss-reactive ketones (excluding diaryl/α,β-unsaturated/α-hetero) is 2. The molecule has 0 radical (unpaired) electrons. The van der Waals surface area contributed by atoms with Crippen LogP contribution in [0.1, 0.15) is 157 Å². The summed E-state index contributed by atoms with van der Waals surface area (Å²) < 4.78 is 69.6. The van der Waals surface area contributed by atoms with Crippen molar-refractivity contribution in [3.63, 3.8) is 0 Å². The van der Waals surface area contributed by atoms with E-state index in [0.717, 1.165) is 102 Å². The summed E-state index contributed by atoms with van der Waals surface area (Å²) in [4.78, 5) is 46.5. The first-order chi connectivity index (χ1) is 49.3. The number of benzene rings is 7. The van der Waals surface area contributed by atoms with Crippen LogP contribution in [0, 0.1) is 17.0 Å². The summed E-state index contributed by atoms with van der Waals surface area (Å²) in [5.74, 6) is 2.20. The summed E-state index contributed by atoms with van der Waals surface area (Å²) >= 11 is 0.